The average molecular weight is 317 g/mol. The van der Waals surface area contributed by atoms with E-state index in [1.165, 1.54) is 31.4 Å². The molecule has 0 fully saturated rings. The SMILES string of the molecule is COc1ccc(C(=O)N2CCc3ccc(F)cc3C2C)c(F)c1. The summed E-state index contributed by atoms with van der Waals surface area (Å²) in [6.45, 7) is 2.31. The molecular weight excluding hydrogens is 300 g/mol. The van der Waals surface area contributed by atoms with Crippen molar-refractivity contribution < 1.29 is 18.3 Å². The lowest BCUT2D eigenvalue weighted by atomic mass is 9.93. The summed E-state index contributed by atoms with van der Waals surface area (Å²) in [6.07, 6.45) is 0.628. The number of amides is 1. The topological polar surface area (TPSA) is 29.5 Å². The number of hydrogen-bond donors (Lipinski definition) is 0. The van der Waals surface area contributed by atoms with Gasteiger partial charge in [0.25, 0.3) is 5.91 Å². The third-order valence-corrected chi connectivity index (χ3v) is 4.32. The molecule has 1 aliphatic rings. The van der Waals surface area contributed by atoms with Crippen molar-refractivity contribution in [2.75, 3.05) is 13.7 Å². The summed E-state index contributed by atoms with van der Waals surface area (Å²) >= 11 is 0. The molecule has 0 saturated carbocycles. The summed E-state index contributed by atoms with van der Waals surface area (Å²) in [5.74, 6) is -0.988. The number of nitrogens with zero attached hydrogens (tertiary/aromatic N) is 1. The first-order valence-corrected chi connectivity index (χ1v) is 7.44. The fourth-order valence-corrected chi connectivity index (χ4v) is 3.01. The molecule has 3 nitrogen and oxygen atoms in total. The van der Waals surface area contributed by atoms with Crippen LogP contribution < -0.4 is 4.74 Å². The Kier molecular flexibility index (Phi) is 4.03. The van der Waals surface area contributed by atoms with Gasteiger partial charge in [0.2, 0.25) is 0 Å². The van der Waals surface area contributed by atoms with Crippen LogP contribution >= 0.6 is 0 Å². The normalized spacial score (nSPS) is 16.9. The van der Waals surface area contributed by atoms with Gasteiger partial charge in [0.15, 0.2) is 0 Å². The minimum Gasteiger partial charge on any atom is -0.497 e. The predicted octanol–water partition coefficient (Wildman–Crippen LogP) is 3.73. The van der Waals surface area contributed by atoms with Crippen molar-refractivity contribution in [3.8, 4) is 5.75 Å². The van der Waals surface area contributed by atoms with Gasteiger partial charge in [-0.25, -0.2) is 8.78 Å². The molecule has 23 heavy (non-hydrogen) atoms. The summed E-state index contributed by atoms with van der Waals surface area (Å²) in [4.78, 5) is 14.3. The minimum absolute atomic E-state index is 0.00231. The van der Waals surface area contributed by atoms with Crippen LogP contribution in [0.5, 0.6) is 5.75 Å². The molecule has 0 saturated heterocycles. The molecule has 0 aromatic heterocycles. The van der Waals surface area contributed by atoms with Crippen molar-refractivity contribution in [1.82, 2.24) is 4.90 Å². The van der Waals surface area contributed by atoms with Crippen LogP contribution in [0.2, 0.25) is 0 Å². The lowest BCUT2D eigenvalue weighted by Crippen LogP contribution is -2.39. The van der Waals surface area contributed by atoms with E-state index in [1.807, 2.05) is 6.92 Å². The van der Waals surface area contributed by atoms with Crippen LogP contribution in [0.4, 0.5) is 8.78 Å². The van der Waals surface area contributed by atoms with Crippen LogP contribution in [0.3, 0.4) is 0 Å². The Balaban J connectivity index is 1.92. The Hall–Kier alpha value is -2.43. The molecule has 1 aliphatic heterocycles. The molecule has 1 atom stereocenters. The molecule has 0 bridgehead atoms. The first-order chi connectivity index (χ1) is 11.0. The van der Waals surface area contributed by atoms with Crippen molar-refractivity contribution in [1.29, 1.82) is 0 Å². The number of carbonyl (C=O) groups is 1. The van der Waals surface area contributed by atoms with Crippen LogP contribution in [0.25, 0.3) is 0 Å². The number of benzene rings is 2. The van der Waals surface area contributed by atoms with E-state index < -0.39 is 11.7 Å². The molecular formula is C18H17F2NO2. The Bertz CT molecular complexity index is 761. The van der Waals surface area contributed by atoms with Gasteiger partial charge in [0.05, 0.1) is 18.7 Å². The Labute approximate surface area is 133 Å². The Morgan fingerprint density at radius 2 is 2.00 bits per heavy atom. The first kappa shape index (κ1) is 15.5. The van der Waals surface area contributed by atoms with Crippen molar-refractivity contribution >= 4 is 5.91 Å². The molecule has 2 aromatic rings. The average Bonchev–Trinajstić information content (AvgIpc) is 2.55. The second kappa shape index (κ2) is 5.99. The molecule has 1 unspecified atom stereocenters. The van der Waals surface area contributed by atoms with Crippen LogP contribution in [-0.4, -0.2) is 24.5 Å². The lowest BCUT2D eigenvalue weighted by Gasteiger charge is -2.35. The standard InChI is InChI=1S/C18H17F2NO2/c1-11-16-9-13(19)4-3-12(16)7-8-21(11)18(22)15-6-5-14(23-2)10-17(15)20/h3-6,9-11H,7-8H2,1-2H3. The number of ether oxygens (including phenoxy) is 1. The molecule has 120 valence electrons. The number of fused-ring (bicyclic) bond motifs is 1. The van der Waals surface area contributed by atoms with Crippen molar-refractivity contribution in [2.45, 2.75) is 19.4 Å². The predicted molar refractivity (Wildman–Crippen MR) is 82.5 cm³/mol. The quantitative estimate of drug-likeness (QED) is 0.844. The van der Waals surface area contributed by atoms with E-state index in [0.717, 1.165) is 11.1 Å². The van der Waals surface area contributed by atoms with E-state index in [-0.39, 0.29) is 17.4 Å². The van der Waals surface area contributed by atoms with E-state index >= 15 is 0 Å². The molecule has 0 aliphatic carbocycles. The molecule has 0 N–H and O–H groups in total. The molecule has 5 heteroatoms. The summed E-state index contributed by atoms with van der Waals surface area (Å²) < 4.78 is 32.6. The van der Waals surface area contributed by atoms with E-state index in [0.29, 0.717) is 18.7 Å². The highest BCUT2D eigenvalue weighted by Crippen LogP contribution is 2.31. The molecule has 0 spiro atoms. The first-order valence-electron chi connectivity index (χ1n) is 7.44. The van der Waals surface area contributed by atoms with Gasteiger partial charge in [0.1, 0.15) is 17.4 Å². The summed E-state index contributed by atoms with van der Waals surface area (Å²) in [5, 5.41) is 0. The number of hydrogen-bond acceptors (Lipinski definition) is 2. The molecule has 2 aromatic carbocycles. The second-order valence-electron chi connectivity index (χ2n) is 5.61. The molecule has 3 rings (SSSR count). The number of rotatable bonds is 2. The zero-order valence-electron chi connectivity index (χ0n) is 13.0. The van der Waals surface area contributed by atoms with Crippen molar-refractivity contribution in [2.24, 2.45) is 0 Å². The monoisotopic (exact) mass is 317 g/mol. The zero-order valence-corrected chi connectivity index (χ0v) is 13.0. The van der Waals surface area contributed by atoms with E-state index in [4.69, 9.17) is 4.74 Å². The van der Waals surface area contributed by atoms with Gasteiger partial charge in [-0.1, -0.05) is 6.07 Å². The third-order valence-electron chi connectivity index (χ3n) is 4.32. The van der Waals surface area contributed by atoms with Gasteiger partial charge in [-0.15, -0.1) is 0 Å². The largest absolute Gasteiger partial charge is 0.497 e. The molecule has 0 radical (unpaired) electrons. The number of methoxy groups -OCH3 is 1. The summed E-state index contributed by atoms with van der Waals surface area (Å²) in [7, 11) is 1.44. The Morgan fingerprint density at radius 1 is 1.22 bits per heavy atom. The lowest BCUT2D eigenvalue weighted by molar-refractivity contribution is 0.0672. The van der Waals surface area contributed by atoms with Crippen LogP contribution in [0.1, 0.15) is 34.5 Å². The van der Waals surface area contributed by atoms with Gasteiger partial charge in [0, 0.05) is 12.6 Å². The van der Waals surface area contributed by atoms with E-state index in [2.05, 4.69) is 0 Å². The molecule has 1 heterocycles. The third kappa shape index (κ3) is 2.79. The smallest absolute Gasteiger partial charge is 0.257 e. The number of carbonyl (C=O) groups excluding carboxylic acids is 1. The Morgan fingerprint density at radius 3 is 2.70 bits per heavy atom. The highest BCUT2D eigenvalue weighted by Gasteiger charge is 2.29. The van der Waals surface area contributed by atoms with Gasteiger partial charge in [-0.3, -0.25) is 4.79 Å². The molecule has 1 amide bonds. The van der Waals surface area contributed by atoms with Crippen LogP contribution in [0.15, 0.2) is 36.4 Å². The zero-order chi connectivity index (χ0) is 16.6. The maximum absolute atomic E-state index is 14.1. The van der Waals surface area contributed by atoms with Gasteiger partial charge in [-0.05, 0) is 48.7 Å². The van der Waals surface area contributed by atoms with Gasteiger partial charge in [-0.2, -0.15) is 0 Å². The fourth-order valence-electron chi connectivity index (χ4n) is 3.01. The highest BCUT2D eigenvalue weighted by molar-refractivity contribution is 5.95. The van der Waals surface area contributed by atoms with Gasteiger partial charge < -0.3 is 9.64 Å². The van der Waals surface area contributed by atoms with Crippen LogP contribution in [-0.2, 0) is 6.42 Å². The van der Waals surface area contributed by atoms with E-state index in [9.17, 15) is 13.6 Å². The maximum Gasteiger partial charge on any atom is 0.257 e. The van der Waals surface area contributed by atoms with E-state index in [1.54, 1.807) is 17.0 Å². The second-order valence-corrected chi connectivity index (χ2v) is 5.61. The van der Waals surface area contributed by atoms with Crippen molar-refractivity contribution in [3.05, 3.63) is 64.7 Å². The van der Waals surface area contributed by atoms with Crippen molar-refractivity contribution in [3.63, 3.8) is 0 Å². The fraction of sp³-hybridized carbons (Fsp3) is 0.278. The number of halogens is 2. The van der Waals surface area contributed by atoms with Crippen LogP contribution in [0, 0.1) is 11.6 Å². The summed E-state index contributed by atoms with van der Waals surface area (Å²) in [5.41, 5.74) is 1.80. The minimum atomic E-state index is -0.619. The summed E-state index contributed by atoms with van der Waals surface area (Å²) in [6, 6.07) is 8.48. The maximum atomic E-state index is 14.1. The highest BCUT2D eigenvalue weighted by atomic mass is 19.1. The van der Waals surface area contributed by atoms with Gasteiger partial charge >= 0.3 is 0 Å².